The van der Waals surface area contributed by atoms with Crippen LogP contribution in [0.4, 0.5) is 4.79 Å². The number of hydrogen-bond donors (Lipinski definition) is 3. The molecule has 1 fully saturated rings. The summed E-state index contributed by atoms with van der Waals surface area (Å²) in [6.07, 6.45) is -0.708. The zero-order valence-electron chi connectivity index (χ0n) is 23.1. The molecule has 2 amide bonds. The average Bonchev–Trinajstić information content (AvgIpc) is 3.03. The molecule has 0 spiro atoms. The molecule has 4 aromatic rings. The molecule has 0 radical (unpaired) electrons. The molecule has 0 saturated carbocycles. The first-order valence-electron chi connectivity index (χ1n) is 13.9. The molecule has 212 valence electrons. The number of nitrogens with one attached hydrogen (secondary N) is 2. The Kier molecular flexibility index (Phi) is 10.1. The molecule has 4 aromatic carbocycles. The quantitative estimate of drug-likeness (QED) is 0.184. The van der Waals surface area contributed by atoms with Crippen molar-refractivity contribution < 1.29 is 19.4 Å². The number of carbonyl (C=O) groups excluding carboxylic acids is 1. The van der Waals surface area contributed by atoms with Crippen molar-refractivity contribution in [1.29, 1.82) is 0 Å². The molecule has 3 N–H and O–H groups in total. The van der Waals surface area contributed by atoms with Gasteiger partial charge in [-0.3, -0.25) is 0 Å². The lowest BCUT2D eigenvalue weighted by Gasteiger charge is -2.41. The molecule has 0 unspecified atom stereocenters. The number of ether oxygens (including phenoxy) is 2. The van der Waals surface area contributed by atoms with Gasteiger partial charge in [0, 0.05) is 35.2 Å². The minimum Gasteiger partial charge on any atom is -0.392 e. The molecule has 1 heterocycles. The van der Waals surface area contributed by atoms with E-state index in [-0.39, 0.29) is 30.8 Å². The Morgan fingerprint density at radius 1 is 0.732 bits per heavy atom. The molecule has 7 heteroatoms. The van der Waals surface area contributed by atoms with E-state index in [0.717, 1.165) is 33.6 Å². The van der Waals surface area contributed by atoms with Gasteiger partial charge in [0.15, 0.2) is 6.29 Å². The van der Waals surface area contributed by atoms with Crippen molar-refractivity contribution in [3.63, 3.8) is 0 Å². The van der Waals surface area contributed by atoms with E-state index in [1.165, 1.54) is 4.90 Å². The Morgan fingerprint density at radius 2 is 1.29 bits per heavy atom. The summed E-state index contributed by atoms with van der Waals surface area (Å²) in [5, 5.41) is 15.3. The fourth-order valence-electron chi connectivity index (χ4n) is 4.82. The van der Waals surface area contributed by atoms with Crippen LogP contribution in [0.5, 0.6) is 0 Å². The summed E-state index contributed by atoms with van der Waals surface area (Å²) in [6.45, 7) is 3.09. The Bertz CT molecular complexity index is 1370. The lowest BCUT2D eigenvalue weighted by molar-refractivity contribution is -0.268. The Balaban J connectivity index is 1.24. The van der Waals surface area contributed by atoms with Crippen molar-refractivity contribution in [2.75, 3.05) is 5.75 Å². The molecule has 1 saturated heterocycles. The first-order valence-corrected chi connectivity index (χ1v) is 14.9. The average molecular weight is 569 g/mol. The number of amides is 2. The summed E-state index contributed by atoms with van der Waals surface area (Å²) in [5.41, 5.74) is 4.91. The highest BCUT2D eigenvalue weighted by Gasteiger charge is 2.38. The molecule has 1 aliphatic rings. The maximum Gasteiger partial charge on any atom is 0.315 e. The first-order chi connectivity index (χ1) is 20.1. The van der Waals surface area contributed by atoms with E-state index >= 15 is 0 Å². The molecule has 6 nitrogen and oxygen atoms in total. The molecule has 41 heavy (non-hydrogen) atoms. The number of hydrogen-bond acceptors (Lipinski definition) is 5. The van der Waals surface area contributed by atoms with E-state index in [2.05, 4.69) is 29.7 Å². The summed E-state index contributed by atoms with van der Waals surface area (Å²) < 4.78 is 13.1. The fraction of sp³-hybridized carbons (Fsp3) is 0.265. The van der Waals surface area contributed by atoms with E-state index in [1.807, 2.05) is 97.1 Å². The number of aliphatic hydroxyl groups is 1. The van der Waals surface area contributed by atoms with E-state index in [9.17, 15) is 9.90 Å². The van der Waals surface area contributed by atoms with Gasteiger partial charge in [-0.15, -0.1) is 11.8 Å². The Labute approximate surface area is 246 Å². The molecule has 0 aromatic heterocycles. The van der Waals surface area contributed by atoms with Crippen molar-refractivity contribution in [1.82, 2.24) is 10.6 Å². The highest BCUT2D eigenvalue weighted by Crippen LogP contribution is 2.43. The molecule has 4 atom stereocenters. The van der Waals surface area contributed by atoms with Crippen LogP contribution in [0.1, 0.15) is 47.1 Å². The van der Waals surface area contributed by atoms with Crippen LogP contribution in [0.2, 0.25) is 0 Å². The summed E-state index contributed by atoms with van der Waals surface area (Å²) >= 11 is 1.79. The van der Waals surface area contributed by atoms with E-state index in [4.69, 9.17) is 9.47 Å². The van der Waals surface area contributed by atoms with E-state index in [1.54, 1.807) is 11.8 Å². The van der Waals surface area contributed by atoms with Crippen LogP contribution in [0.3, 0.4) is 0 Å². The predicted molar refractivity (Wildman–Crippen MR) is 162 cm³/mol. The van der Waals surface area contributed by atoms with Crippen LogP contribution in [-0.4, -0.2) is 23.0 Å². The van der Waals surface area contributed by atoms with E-state index in [0.29, 0.717) is 13.1 Å². The summed E-state index contributed by atoms with van der Waals surface area (Å²) in [5.74, 6) is 0.927. The number of benzene rings is 4. The third-order valence-corrected chi connectivity index (χ3v) is 8.38. The predicted octanol–water partition coefficient (Wildman–Crippen LogP) is 6.76. The largest absolute Gasteiger partial charge is 0.392 e. The second-order valence-electron chi connectivity index (χ2n) is 10.2. The van der Waals surface area contributed by atoms with Crippen LogP contribution in [0.25, 0.3) is 0 Å². The second-order valence-corrected chi connectivity index (χ2v) is 11.3. The fourth-order valence-corrected chi connectivity index (χ4v) is 5.91. The van der Waals surface area contributed by atoms with Gasteiger partial charge in [-0.1, -0.05) is 104 Å². The highest BCUT2D eigenvalue weighted by atomic mass is 32.2. The number of urea groups is 1. The van der Waals surface area contributed by atoms with Crippen molar-refractivity contribution in [2.45, 2.75) is 50.0 Å². The van der Waals surface area contributed by atoms with Gasteiger partial charge < -0.3 is 25.2 Å². The third kappa shape index (κ3) is 7.99. The van der Waals surface area contributed by atoms with E-state index < -0.39 is 6.29 Å². The first kappa shape index (κ1) is 28.9. The Hall–Kier alpha value is -3.62. The van der Waals surface area contributed by atoms with Crippen molar-refractivity contribution in [3.8, 4) is 0 Å². The molecular weight excluding hydrogens is 532 g/mol. The zero-order valence-corrected chi connectivity index (χ0v) is 23.9. The van der Waals surface area contributed by atoms with Gasteiger partial charge in [0.05, 0.1) is 18.8 Å². The van der Waals surface area contributed by atoms with Crippen LogP contribution in [-0.2, 0) is 29.2 Å². The van der Waals surface area contributed by atoms with Crippen molar-refractivity contribution in [3.05, 3.63) is 137 Å². The SMILES string of the molecule is C[C@@H]1[C@H](CSc2ccccc2)O[C@H](c2ccc(CNC(=O)NCc3ccccc3)cc2)O[C@@H]1c1ccc(CO)cc1. The highest BCUT2D eigenvalue weighted by molar-refractivity contribution is 7.99. The summed E-state index contributed by atoms with van der Waals surface area (Å²) in [4.78, 5) is 13.5. The second kappa shape index (κ2) is 14.3. The van der Waals surface area contributed by atoms with Gasteiger partial charge in [0.25, 0.3) is 0 Å². The monoisotopic (exact) mass is 568 g/mol. The minimum absolute atomic E-state index is 0.0132. The third-order valence-electron chi connectivity index (χ3n) is 7.28. The van der Waals surface area contributed by atoms with Crippen molar-refractivity contribution in [2.24, 2.45) is 5.92 Å². The summed E-state index contributed by atoms with van der Waals surface area (Å²) in [7, 11) is 0. The van der Waals surface area contributed by atoms with Gasteiger partial charge in [-0.2, -0.15) is 0 Å². The number of carbonyl (C=O) groups is 1. The Morgan fingerprint density at radius 3 is 1.93 bits per heavy atom. The number of thioether (sulfide) groups is 1. The maximum atomic E-state index is 12.3. The normalized spacial score (nSPS) is 20.3. The lowest BCUT2D eigenvalue weighted by Crippen LogP contribution is -2.38. The van der Waals surface area contributed by atoms with Crippen LogP contribution >= 0.6 is 11.8 Å². The smallest absolute Gasteiger partial charge is 0.315 e. The van der Waals surface area contributed by atoms with Crippen molar-refractivity contribution >= 4 is 17.8 Å². The topological polar surface area (TPSA) is 79.8 Å². The standard InChI is InChI=1S/C34H36N2O4S/c1-24-31(23-41-30-10-6-3-7-11-30)39-33(40-32(24)28-16-14-27(22-37)15-17-28)29-18-12-26(13-19-29)21-36-34(38)35-20-25-8-4-2-5-9-25/h2-19,24,31-33,37H,20-23H2,1H3,(H2,35,36,38)/t24-,31+,32+,33+/m1/s1. The van der Waals surface area contributed by atoms with Crippen LogP contribution in [0, 0.1) is 5.92 Å². The molecule has 0 aliphatic carbocycles. The van der Waals surface area contributed by atoms with Gasteiger partial charge >= 0.3 is 6.03 Å². The lowest BCUT2D eigenvalue weighted by atomic mass is 9.91. The number of aliphatic hydroxyl groups excluding tert-OH is 1. The van der Waals surface area contributed by atoms with Gasteiger partial charge in [0.2, 0.25) is 0 Å². The summed E-state index contributed by atoms with van der Waals surface area (Å²) in [6, 6.07) is 35.9. The van der Waals surface area contributed by atoms with Gasteiger partial charge in [-0.05, 0) is 34.4 Å². The van der Waals surface area contributed by atoms with Crippen LogP contribution in [0.15, 0.2) is 114 Å². The molecule has 1 aliphatic heterocycles. The molecular formula is C34H36N2O4S. The van der Waals surface area contributed by atoms with Crippen LogP contribution < -0.4 is 10.6 Å². The maximum absolute atomic E-state index is 12.3. The molecule has 0 bridgehead atoms. The zero-order chi connectivity index (χ0) is 28.4. The molecule has 5 rings (SSSR count). The minimum atomic E-state index is -0.522. The number of rotatable bonds is 10. The van der Waals surface area contributed by atoms with Gasteiger partial charge in [0.1, 0.15) is 0 Å². The van der Waals surface area contributed by atoms with Gasteiger partial charge in [-0.25, -0.2) is 4.79 Å².